The van der Waals surface area contributed by atoms with Gasteiger partial charge in [-0.05, 0) is 42.7 Å². The van der Waals surface area contributed by atoms with Gasteiger partial charge in [-0.1, -0.05) is 40.2 Å². The van der Waals surface area contributed by atoms with Crippen LogP contribution in [-0.4, -0.2) is 16.6 Å². The van der Waals surface area contributed by atoms with Crippen molar-refractivity contribution in [2.24, 2.45) is 24.8 Å². The third-order valence-electron chi connectivity index (χ3n) is 6.29. The molecule has 1 heterocycles. The Morgan fingerprint density at radius 1 is 1.39 bits per heavy atom. The zero-order valence-electron chi connectivity index (χ0n) is 17.7. The molecule has 1 aliphatic carbocycles. The van der Waals surface area contributed by atoms with Crippen LogP contribution in [0.2, 0.25) is 0 Å². The van der Waals surface area contributed by atoms with Crippen molar-refractivity contribution < 1.29 is 14.1 Å². The average Bonchev–Trinajstić information content (AvgIpc) is 2.92. The average molecular weight is 383 g/mol. The van der Waals surface area contributed by atoms with Crippen LogP contribution in [0.25, 0.3) is 15.9 Å². The molecule has 28 heavy (non-hydrogen) atoms. The van der Waals surface area contributed by atoms with Crippen LogP contribution < -0.4 is 4.57 Å². The number of imidazole rings is 1. The number of ether oxygens (including phenoxy) is 1. The van der Waals surface area contributed by atoms with Crippen molar-refractivity contribution in [3.8, 4) is 0 Å². The van der Waals surface area contributed by atoms with Gasteiger partial charge in [0.1, 0.15) is 6.10 Å². The summed E-state index contributed by atoms with van der Waals surface area (Å²) in [6.45, 7) is 16.3. The summed E-state index contributed by atoms with van der Waals surface area (Å²) in [5.41, 5.74) is 2.56. The quantitative estimate of drug-likeness (QED) is 0.431. The molecule has 1 aromatic carbocycles. The number of nitrogens with zero attached hydrogens (tertiary/aromatic N) is 3. The van der Waals surface area contributed by atoms with E-state index in [1.807, 2.05) is 29.8 Å². The van der Waals surface area contributed by atoms with Crippen LogP contribution in [0, 0.1) is 24.3 Å². The van der Waals surface area contributed by atoms with E-state index in [4.69, 9.17) is 11.3 Å². The smallest absolute Gasteiger partial charge is 0.348 e. The second kappa shape index (κ2) is 8.34. The molecular formula is C23H32N3O2+. The van der Waals surface area contributed by atoms with Gasteiger partial charge in [0.2, 0.25) is 0 Å². The van der Waals surface area contributed by atoms with Crippen molar-refractivity contribution >= 4 is 22.7 Å². The summed E-state index contributed by atoms with van der Waals surface area (Å²) < 4.78 is 10.1. The largest absolute Gasteiger partial charge is 0.459 e. The lowest BCUT2D eigenvalue weighted by atomic mass is 9.75. The van der Waals surface area contributed by atoms with E-state index in [9.17, 15) is 4.79 Å². The van der Waals surface area contributed by atoms with Gasteiger partial charge in [0.15, 0.2) is 23.3 Å². The van der Waals surface area contributed by atoms with Gasteiger partial charge in [0.25, 0.3) is 5.82 Å². The first kappa shape index (κ1) is 20.4. The van der Waals surface area contributed by atoms with Crippen molar-refractivity contribution in [3.05, 3.63) is 35.4 Å². The highest BCUT2D eigenvalue weighted by Gasteiger charge is 2.34. The number of carbonyl (C=O) groups excluding carboxylic acids is 1. The fourth-order valence-corrected chi connectivity index (χ4v) is 4.73. The minimum atomic E-state index is -0.161. The van der Waals surface area contributed by atoms with Crippen molar-refractivity contribution in [3.63, 3.8) is 0 Å². The maximum atomic E-state index is 12.9. The highest BCUT2D eigenvalue weighted by atomic mass is 16.5. The number of benzene rings is 1. The summed E-state index contributed by atoms with van der Waals surface area (Å²) in [5, 5.41) is 0. The van der Waals surface area contributed by atoms with Gasteiger partial charge in [-0.3, -0.25) is 0 Å². The molecule has 2 aromatic rings. The molecular weight excluding hydrogens is 350 g/mol. The van der Waals surface area contributed by atoms with Crippen LogP contribution in [0.4, 0.5) is 5.69 Å². The summed E-state index contributed by atoms with van der Waals surface area (Å²) >= 11 is 0. The second-order valence-electron chi connectivity index (χ2n) is 8.55. The molecule has 3 atom stereocenters. The van der Waals surface area contributed by atoms with Crippen LogP contribution in [0.1, 0.15) is 52.8 Å². The van der Waals surface area contributed by atoms with E-state index in [2.05, 4.69) is 37.1 Å². The number of aryl methyl sites for hydroxylation is 1. The lowest BCUT2D eigenvalue weighted by Crippen LogP contribution is -2.44. The van der Waals surface area contributed by atoms with Gasteiger partial charge in [0.05, 0.1) is 13.6 Å². The maximum Gasteiger partial charge on any atom is 0.348 e. The van der Waals surface area contributed by atoms with Gasteiger partial charge < -0.3 is 4.74 Å². The van der Waals surface area contributed by atoms with E-state index < -0.39 is 0 Å². The van der Waals surface area contributed by atoms with Gasteiger partial charge >= 0.3 is 5.97 Å². The molecule has 0 bridgehead atoms. The molecule has 1 saturated carbocycles. The minimum absolute atomic E-state index is 0.0191. The minimum Gasteiger partial charge on any atom is -0.459 e. The summed E-state index contributed by atoms with van der Waals surface area (Å²) in [7, 11) is 1.99. The fourth-order valence-electron chi connectivity index (χ4n) is 4.73. The van der Waals surface area contributed by atoms with Crippen molar-refractivity contribution in [1.82, 2.24) is 4.57 Å². The van der Waals surface area contributed by atoms with E-state index in [0.29, 0.717) is 23.4 Å². The number of hydrogen-bond acceptors (Lipinski definition) is 2. The van der Waals surface area contributed by atoms with E-state index >= 15 is 0 Å². The summed E-state index contributed by atoms with van der Waals surface area (Å²) in [6.07, 6.45) is 4.14. The molecule has 0 spiro atoms. The summed E-state index contributed by atoms with van der Waals surface area (Å²) in [4.78, 5) is 16.4. The van der Waals surface area contributed by atoms with Crippen molar-refractivity contribution in [2.45, 2.75) is 66.0 Å². The Hall–Kier alpha value is -2.35. The Labute approximate surface area is 168 Å². The molecule has 0 aliphatic heterocycles. The van der Waals surface area contributed by atoms with Crippen LogP contribution >= 0.6 is 0 Å². The van der Waals surface area contributed by atoms with Crippen molar-refractivity contribution in [1.29, 1.82) is 0 Å². The maximum absolute atomic E-state index is 12.9. The number of rotatable bonds is 5. The zero-order valence-corrected chi connectivity index (χ0v) is 17.7. The Morgan fingerprint density at radius 2 is 2.14 bits per heavy atom. The van der Waals surface area contributed by atoms with E-state index in [0.717, 1.165) is 36.1 Å². The standard InChI is InChI=1S/C23H32N3O2/c1-7-22-25(6)20-13-17(24-5)9-11-19(20)26(22)14-23(27)28-21-12-16(4)8-10-18(21)15(2)3/h9,11,13,15-16,18,21H,7-8,10,12,14H2,1-4,6H3/q+1/t16-,18+,21-/m1/s1. The van der Waals surface area contributed by atoms with Gasteiger partial charge in [-0.15, -0.1) is 0 Å². The highest BCUT2D eigenvalue weighted by molar-refractivity contribution is 5.78. The molecule has 150 valence electrons. The lowest BCUT2D eigenvalue weighted by molar-refractivity contribution is -0.668. The van der Waals surface area contributed by atoms with Crippen LogP contribution in [0.5, 0.6) is 0 Å². The lowest BCUT2D eigenvalue weighted by Gasteiger charge is -2.36. The Balaban J connectivity index is 1.85. The molecule has 1 aliphatic rings. The Kier molecular flexibility index (Phi) is 6.07. The zero-order chi connectivity index (χ0) is 20.4. The summed E-state index contributed by atoms with van der Waals surface area (Å²) in [5.74, 6) is 2.48. The number of hydrogen-bond donors (Lipinski definition) is 0. The molecule has 1 fully saturated rings. The monoisotopic (exact) mass is 382 g/mol. The molecule has 1 aromatic heterocycles. The number of carbonyl (C=O) groups is 1. The first-order valence-electron chi connectivity index (χ1n) is 10.4. The fraction of sp³-hybridized carbons (Fsp3) is 0.609. The molecule has 0 N–H and O–H groups in total. The normalized spacial score (nSPS) is 22.4. The third-order valence-corrected chi connectivity index (χ3v) is 6.29. The Bertz CT molecular complexity index is 907. The predicted molar refractivity (Wildman–Crippen MR) is 110 cm³/mol. The van der Waals surface area contributed by atoms with Crippen LogP contribution in [0.3, 0.4) is 0 Å². The number of esters is 1. The predicted octanol–water partition coefficient (Wildman–Crippen LogP) is 4.58. The first-order chi connectivity index (χ1) is 13.3. The second-order valence-corrected chi connectivity index (χ2v) is 8.55. The molecule has 0 radical (unpaired) electrons. The van der Waals surface area contributed by atoms with Gasteiger partial charge in [-0.2, -0.15) is 0 Å². The van der Waals surface area contributed by atoms with E-state index in [1.54, 1.807) is 0 Å². The topological polar surface area (TPSA) is 39.5 Å². The highest BCUT2D eigenvalue weighted by Crippen LogP contribution is 2.35. The Morgan fingerprint density at radius 3 is 2.79 bits per heavy atom. The number of aromatic nitrogens is 2. The molecule has 3 rings (SSSR count). The SMILES string of the molecule is [C-]#[N+]c1ccc2c(c1)n(C)c(CC)[n+]2CC(=O)O[C@@H]1C[C@H](C)CC[C@H]1C(C)C. The molecule has 0 unspecified atom stereocenters. The van der Waals surface area contributed by atoms with Crippen LogP contribution in [-0.2, 0) is 29.5 Å². The molecule has 5 nitrogen and oxygen atoms in total. The van der Waals surface area contributed by atoms with Gasteiger partial charge in [-0.25, -0.2) is 18.8 Å². The van der Waals surface area contributed by atoms with Crippen molar-refractivity contribution in [2.75, 3.05) is 0 Å². The molecule has 5 heteroatoms. The van der Waals surface area contributed by atoms with E-state index in [1.165, 1.54) is 6.42 Å². The molecule has 0 saturated heterocycles. The third kappa shape index (κ3) is 3.92. The summed E-state index contributed by atoms with van der Waals surface area (Å²) in [6, 6.07) is 5.64. The van der Waals surface area contributed by atoms with E-state index in [-0.39, 0.29) is 18.6 Å². The first-order valence-corrected chi connectivity index (χ1v) is 10.4. The van der Waals surface area contributed by atoms with Crippen LogP contribution in [0.15, 0.2) is 18.2 Å². The van der Waals surface area contributed by atoms with Gasteiger partial charge in [0, 0.05) is 6.42 Å². The molecule has 0 amide bonds. The number of fused-ring (bicyclic) bond motifs is 1.